The zero-order valence-electron chi connectivity index (χ0n) is 7.86. The molecule has 0 bridgehead atoms. The second kappa shape index (κ2) is 3.72. The zero-order chi connectivity index (χ0) is 9.14. The highest BCUT2D eigenvalue weighted by molar-refractivity contribution is 5.05. The van der Waals surface area contributed by atoms with Gasteiger partial charge in [0.05, 0.1) is 12.3 Å². The molecule has 1 rings (SSSR count). The highest BCUT2D eigenvalue weighted by Crippen LogP contribution is 2.06. The third kappa shape index (κ3) is 2.34. The minimum atomic E-state index is -0.283. The molecule has 0 amide bonds. The maximum Gasteiger partial charge on any atom is 0.0553 e. The van der Waals surface area contributed by atoms with E-state index < -0.39 is 0 Å². The summed E-state index contributed by atoms with van der Waals surface area (Å²) in [7, 11) is 0. The first-order valence-electron chi connectivity index (χ1n) is 4.30. The second-order valence-electron chi connectivity index (χ2n) is 3.48. The highest BCUT2D eigenvalue weighted by Gasteiger charge is 2.03. The Labute approximate surface area is 73.0 Å². The Kier molecular flexibility index (Phi) is 2.87. The minimum absolute atomic E-state index is 0.283. The molecule has 0 radical (unpaired) electrons. The van der Waals surface area contributed by atoms with Gasteiger partial charge in [-0.2, -0.15) is 5.10 Å². The number of hydrogen-bond donors (Lipinski definition) is 1. The average molecular weight is 168 g/mol. The van der Waals surface area contributed by atoms with Gasteiger partial charge in [-0.3, -0.25) is 4.68 Å². The van der Waals surface area contributed by atoms with E-state index in [9.17, 15) is 0 Å². The van der Waals surface area contributed by atoms with Gasteiger partial charge in [-0.05, 0) is 26.3 Å². The van der Waals surface area contributed by atoms with Gasteiger partial charge < -0.3 is 5.11 Å². The molecular weight excluding hydrogens is 152 g/mol. The van der Waals surface area contributed by atoms with Crippen LogP contribution in [0, 0.1) is 0 Å². The van der Waals surface area contributed by atoms with Gasteiger partial charge in [-0.25, -0.2) is 0 Å². The van der Waals surface area contributed by atoms with Crippen LogP contribution < -0.4 is 0 Å². The van der Waals surface area contributed by atoms with Crippen LogP contribution in [0.15, 0.2) is 12.4 Å². The predicted molar refractivity (Wildman–Crippen MR) is 48.0 cm³/mol. The Hall–Kier alpha value is -0.830. The van der Waals surface area contributed by atoms with Crippen molar-refractivity contribution in [2.45, 2.75) is 39.3 Å². The summed E-state index contributed by atoms with van der Waals surface area (Å²) in [5.41, 5.74) is 1.10. The first kappa shape index (κ1) is 9.26. The van der Waals surface area contributed by atoms with Crippen LogP contribution in [0.25, 0.3) is 0 Å². The number of rotatable bonds is 3. The molecule has 0 aliphatic rings. The van der Waals surface area contributed by atoms with E-state index in [1.165, 1.54) is 0 Å². The largest absolute Gasteiger partial charge is 0.393 e. The van der Waals surface area contributed by atoms with Gasteiger partial charge in [0.1, 0.15) is 0 Å². The molecular formula is C9H16N2O. The summed E-state index contributed by atoms with van der Waals surface area (Å²) in [6, 6.07) is 0.396. The van der Waals surface area contributed by atoms with E-state index in [2.05, 4.69) is 18.9 Å². The topological polar surface area (TPSA) is 38.1 Å². The predicted octanol–water partition coefficient (Wildman–Crippen LogP) is 1.39. The van der Waals surface area contributed by atoms with Crippen LogP contribution in [0.1, 0.15) is 32.4 Å². The van der Waals surface area contributed by atoms with E-state index in [0.717, 1.165) is 5.56 Å². The lowest BCUT2D eigenvalue weighted by Crippen LogP contribution is -2.03. The van der Waals surface area contributed by atoms with Crippen LogP contribution >= 0.6 is 0 Å². The molecule has 1 unspecified atom stereocenters. The molecule has 0 aliphatic heterocycles. The first-order valence-corrected chi connectivity index (χ1v) is 4.30. The molecule has 1 aromatic rings. The molecule has 0 fully saturated rings. The van der Waals surface area contributed by atoms with E-state index in [1.54, 1.807) is 6.92 Å². The molecule has 0 aliphatic carbocycles. The van der Waals surface area contributed by atoms with Gasteiger partial charge in [0.2, 0.25) is 0 Å². The average Bonchev–Trinajstić information content (AvgIpc) is 2.34. The molecule has 0 saturated carbocycles. The van der Waals surface area contributed by atoms with E-state index in [4.69, 9.17) is 5.11 Å². The van der Waals surface area contributed by atoms with Gasteiger partial charge in [0.15, 0.2) is 0 Å². The number of hydrogen-bond acceptors (Lipinski definition) is 2. The van der Waals surface area contributed by atoms with Crippen LogP contribution in [0.5, 0.6) is 0 Å². The summed E-state index contributed by atoms with van der Waals surface area (Å²) in [4.78, 5) is 0. The monoisotopic (exact) mass is 168 g/mol. The fourth-order valence-electron chi connectivity index (χ4n) is 1.11. The van der Waals surface area contributed by atoms with Crippen molar-refractivity contribution in [1.82, 2.24) is 9.78 Å². The Morgan fingerprint density at radius 1 is 1.50 bits per heavy atom. The molecule has 0 spiro atoms. The normalized spacial score (nSPS) is 13.8. The number of aromatic nitrogens is 2. The first-order chi connectivity index (χ1) is 5.59. The Morgan fingerprint density at radius 3 is 2.58 bits per heavy atom. The van der Waals surface area contributed by atoms with Crippen LogP contribution in [0.4, 0.5) is 0 Å². The van der Waals surface area contributed by atoms with Crippen molar-refractivity contribution < 1.29 is 5.11 Å². The zero-order valence-corrected chi connectivity index (χ0v) is 7.86. The standard InChI is InChI=1S/C9H16N2O/c1-7(2)11-6-9(5-10-11)4-8(3)12/h5-8,12H,4H2,1-3H3. The molecule has 3 nitrogen and oxygen atoms in total. The molecule has 0 aromatic carbocycles. The minimum Gasteiger partial charge on any atom is -0.393 e. The van der Waals surface area contributed by atoms with Crippen LogP contribution in [0.2, 0.25) is 0 Å². The lowest BCUT2D eigenvalue weighted by Gasteiger charge is -2.03. The van der Waals surface area contributed by atoms with E-state index in [-0.39, 0.29) is 6.10 Å². The van der Waals surface area contributed by atoms with Crippen LogP contribution in [-0.2, 0) is 6.42 Å². The SMILES string of the molecule is CC(O)Cc1cnn(C(C)C)c1. The van der Waals surface area contributed by atoms with Crippen LogP contribution in [-0.4, -0.2) is 21.0 Å². The molecule has 68 valence electrons. The molecule has 1 heterocycles. The van der Waals surface area contributed by atoms with E-state index in [1.807, 2.05) is 17.1 Å². The highest BCUT2D eigenvalue weighted by atomic mass is 16.3. The maximum atomic E-state index is 9.12. The van der Waals surface area contributed by atoms with Crippen molar-refractivity contribution >= 4 is 0 Å². The third-order valence-corrected chi connectivity index (χ3v) is 1.72. The van der Waals surface area contributed by atoms with Crippen molar-refractivity contribution in [3.05, 3.63) is 18.0 Å². The summed E-state index contributed by atoms with van der Waals surface area (Å²) in [5, 5.41) is 13.3. The van der Waals surface area contributed by atoms with Gasteiger partial charge in [-0.1, -0.05) is 0 Å². The van der Waals surface area contributed by atoms with Gasteiger partial charge in [-0.15, -0.1) is 0 Å². The fourth-order valence-corrected chi connectivity index (χ4v) is 1.11. The van der Waals surface area contributed by atoms with Crippen molar-refractivity contribution in [1.29, 1.82) is 0 Å². The molecule has 1 N–H and O–H groups in total. The Balaban J connectivity index is 2.64. The Bertz CT molecular complexity index is 240. The van der Waals surface area contributed by atoms with Crippen molar-refractivity contribution in [3.8, 4) is 0 Å². The van der Waals surface area contributed by atoms with E-state index in [0.29, 0.717) is 12.5 Å². The third-order valence-electron chi connectivity index (χ3n) is 1.72. The second-order valence-corrected chi connectivity index (χ2v) is 3.48. The Morgan fingerprint density at radius 2 is 2.17 bits per heavy atom. The quantitative estimate of drug-likeness (QED) is 0.740. The van der Waals surface area contributed by atoms with Crippen molar-refractivity contribution in [2.75, 3.05) is 0 Å². The van der Waals surface area contributed by atoms with Crippen LogP contribution in [0.3, 0.4) is 0 Å². The lowest BCUT2D eigenvalue weighted by molar-refractivity contribution is 0.195. The number of aliphatic hydroxyl groups is 1. The van der Waals surface area contributed by atoms with Gasteiger partial charge in [0.25, 0.3) is 0 Å². The molecule has 1 atom stereocenters. The van der Waals surface area contributed by atoms with Gasteiger partial charge >= 0.3 is 0 Å². The molecule has 0 saturated heterocycles. The summed E-state index contributed by atoms with van der Waals surface area (Å²) in [5.74, 6) is 0. The number of aliphatic hydroxyl groups excluding tert-OH is 1. The number of nitrogens with zero attached hydrogens (tertiary/aromatic N) is 2. The lowest BCUT2D eigenvalue weighted by atomic mass is 10.2. The summed E-state index contributed by atoms with van der Waals surface area (Å²) < 4.78 is 1.90. The van der Waals surface area contributed by atoms with Crippen molar-refractivity contribution in [3.63, 3.8) is 0 Å². The summed E-state index contributed by atoms with van der Waals surface area (Å²) in [6.45, 7) is 5.95. The summed E-state index contributed by atoms with van der Waals surface area (Å²) in [6.07, 6.45) is 4.20. The summed E-state index contributed by atoms with van der Waals surface area (Å²) >= 11 is 0. The fraction of sp³-hybridized carbons (Fsp3) is 0.667. The van der Waals surface area contributed by atoms with Crippen molar-refractivity contribution in [2.24, 2.45) is 0 Å². The van der Waals surface area contributed by atoms with E-state index >= 15 is 0 Å². The smallest absolute Gasteiger partial charge is 0.0553 e. The van der Waals surface area contributed by atoms with Gasteiger partial charge in [0, 0.05) is 18.7 Å². The molecule has 3 heteroatoms. The molecule has 1 aromatic heterocycles. The molecule has 12 heavy (non-hydrogen) atoms. The maximum absolute atomic E-state index is 9.12.